The second-order valence-electron chi connectivity index (χ2n) is 4.37. The van der Waals surface area contributed by atoms with E-state index in [0.717, 1.165) is 15.6 Å². The number of halogens is 3. The zero-order valence-corrected chi connectivity index (χ0v) is 12.8. The molecule has 0 N–H and O–H groups in total. The van der Waals surface area contributed by atoms with Gasteiger partial charge in [-0.05, 0) is 55.3 Å². The second-order valence-corrected chi connectivity index (χ2v) is 5.66. The van der Waals surface area contributed by atoms with Crippen molar-refractivity contribution in [3.63, 3.8) is 0 Å². The zero-order valence-electron chi connectivity index (χ0n) is 10.4. The quantitative estimate of drug-likeness (QED) is 0.695. The number of hydrogen-bond acceptors (Lipinski definition) is 1. The smallest absolute Gasteiger partial charge is 0.196 e. The van der Waals surface area contributed by atoms with Crippen molar-refractivity contribution in [3.05, 3.63) is 67.9 Å². The van der Waals surface area contributed by atoms with E-state index >= 15 is 0 Å². The lowest BCUT2D eigenvalue weighted by Crippen LogP contribution is -2.07. The fourth-order valence-corrected chi connectivity index (χ4v) is 2.47. The maximum atomic E-state index is 13.7. The molecule has 2 aromatic carbocycles. The number of carbonyl (C=O) groups excluding carboxylic acids is 1. The van der Waals surface area contributed by atoms with Gasteiger partial charge in [0.2, 0.25) is 0 Å². The highest BCUT2D eigenvalue weighted by Crippen LogP contribution is 2.25. The van der Waals surface area contributed by atoms with Crippen molar-refractivity contribution in [2.75, 3.05) is 0 Å². The first kappa shape index (κ1) is 14.2. The summed E-state index contributed by atoms with van der Waals surface area (Å²) in [5.74, 6) is -0.914. The third-order valence-electron chi connectivity index (χ3n) is 2.92. The summed E-state index contributed by atoms with van der Waals surface area (Å²) in [6, 6.07) is 7.59. The standard InChI is InChI=1S/C15H11BrClFO/c1-8-6-13(16)9(2)5-11(8)15(19)12-7-10(17)3-4-14(12)18/h3-7H,1-2H3. The van der Waals surface area contributed by atoms with Gasteiger partial charge in [0.1, 0.15) is 5.82 Å². The van der Waals surface area contributed by atoms with Gasteiger partial charge in [-0.25, -0.2) is 4.39 Å². The van der Waals surface area contributed by atoms with Gasteiger partial charge in [-0.15, -0.1) is 0 Å². The Bertz CT molecular complexity index is 667. The first-order chi connectivity index (χ1) is 8.90. The highest BCUT2D eigenvalue weighted by Gasteiger charge is 2.17. The molecule has 19 heavy (non-hydrogen) atoms. The Labute approximate surface area is 124 Å². The maximum absolute atomic E-state index is 13.7. The molecule has 0 aromatic heterocycles. The van der Waals surface area contributed by atoms with E-state index in [0.29, 0.717) is 10.6 Å². The van der Waals surface area contributed by atoms with Crippen molar-refractivity contribution in [1.29, 1.82) is 0 Å². The Kier molecular flexibility index (Phi) is 4.07. The SMILES string of the molecule is Cc1cc(C(=O)c2cc(Cl)ccc2F)c(C)cc1Br. The number of benzene rings is 2. The van der Waals surface area contributed by atoms with Gasteiger partial charge in [0.25, 0.3) is 0 Å². The van der Waals surface area contributed by atoms with E-state index in [9.17, 15) is 9.18 Å². The summed E-state index contributed by atoms with van der Waals surface area (Å²) in [5, 5.41) is 0.344. The summed E-state index contributed by atoms with van der Waals surface area (Å²) >= 11 is 9.22. The molecule has 0 heterocycles. The molecule has 0 spiro atoms. The number of ketones is 1. The second kappa shape index (κ2) is 5.43. The van der Waals surface area contributed by atoms with Crippen LogP contribution in [-0.4, -0.2) is 5.78 Å². The predicted octanol–water partition coefficient (Wildman–Crippen LogP) is 5.09. The van der Waals surface area contributed by atoms with Crippen LogP contribution in [0.3, 0.4) is 0 Å². The Morgan fingerprint density at radius 3 is 2.47 bits per heavy atom. The molecule has 2 aromatic rings. The Morgan fingerprint density at radius 1 is 1.11 bits per heavy atom. The maximum Gasteiger partial charge on any atom is 0.196 e. The topological polar surface area (TPSA) is 17.1 Å². The highest BCUT2D eigenvalue weighted by molar-refractivity contribution is 9.10. The molecule has 0 aliphatic heterocycles. The summed E-state index contributed by atoms with van der Waals surface area (Å²) < 4.78 is 14.7. The molecule has 0 aliphatic rings. The number of hydrogen-bond donors (Lipinski definition) is 0. The molecule has 0 bridgehead atoms. The van der Waals surface area contributed by atoms with Crippen molar-refractivity contribution in [3.8, 4) is 0 Å². The fourth-order valence-electron chi connectivity index (χ4n) is 1.84. The molecule has 0 radical (unpaired) electrons. The van der Waals surface area contributed by atoms with Gasteiger partial charge < -0.3 is 0 Å². The van der Waals surface area contributed by atoms with Gasteiger partial charge in [-0.3, -0.25) is 4.79 Å². The van der Waals surface area contributed by atoms with Crippen LogP contribution in [0.2, 0.25) is 5.02 Å². The van der Waals surface area contributed by atoms with Crippen LogP contribution >= 0.6 is 27.5 Å². The highest BCUT2D eigenvalue weighted by atomic mass is 79.9. The molecule has 2 rings (SSSR count). The lowest BCUT2D eigenvalue weighted by atomic mass is 9.97. The van der Waals surface area contributed by atoms with E-state index < -0.39 is 5.82 Å². The van der Waals surface area contributed by atoms with Crippen LogP contribution in [0, 0.1) is 19.7 Å². The molecule has 0 aliphatic carbocycles. The lowest BCUT2D eigenvalue weighted by Gasteiger charge is -2.09. The fraction of sp³-hybridized carbons (Fsp3) is 0.133. The number of carbonyl (C=O) groups is 1. The van der Waals surface area contributed by atoms with Gasteiger partial charge >= 0.3 is 0 Å². The van der Waals surface area contributed by atoms with E-state index in [4.69, 9.17) is 11.6 Å². The van der Waals surface area contributed by atoms with Crippen molar-refractivity contribution in [2.24, 2.45) is 0 Å². The van der Waals surface area contributed by atoms with Crippen molar-refractivity contribution in [1.82, 2.24) is 0 Å². The lowest BCUT2D eigenvalue weighted by molar-refractivity contribution is 0.103. The van der Waals surface area contributed by atoms with Crippen LogP contribution in [0.4, 0.5) is 4.39 Å². The van der Waals surface area contributed by atoms with Gasteiger partial charge in [-0.2, -0.15) is 0 Å². The number of rotatable bonds is 2. The number of aryl methyl sites for hydroxylation is 2. The van der Waals surface area contributed by atoms with Crippen LogP contribution in [0.5, 0.6) is 0 Å². The first-order valence-electron chi connectivity index (χ1n) is 5.66. The third kappa shape index (κ3) is 2.88. The van der Waals surface area contributed by atoms with E-state index in [1.165, 1.54) is 18.2 Å². The predicted molar refractivity (Wildman–Crippen MR) is 78.5 cm³/mol. The zero-order chi connectivity index (χ0) is 14.2. The molecule has 1 nitrogen and oxygen atoms in total. The summed E-state index contributed by atoms with van der Waals surface area (Å²) in [5.41, 5.74) is 2.21. The molecule has 4 heteroatoms. The molecule has 0 unspecified atom stereocenters. The summed E-state index contributed by atoms with van der Waals surface area (Å²) in [6.45, 7) is 3.70. The van der Waals surface area contributed by atoms with E-state index in [2.05, 4.69) is 15.9 Å². The van der Waals surface area contributed by atoms with Gasteiger partial charge in [0, 0.05) is 15.1 Å². The summed E-state index contributed by atoms with van der Waals surface area (Å²) in [7, 11) is 0. The van der Waals surface area contributed by atoms with Crippen molar-refractivity contribution < 1.29 is 9.18 Å². The van der Waals surface area contributed by atoms with Crippen LogP contribution < -0.4 is 0 Å². The van der Waals surface area contributed by atoms with Crippen LogP contribution in [0.25, 0.3) is 0 Å². The first-order valence-corrected chi connectivity index (χ1v) is 6.83. The van der Waals surface area contributed by atoms with Crippen molar-refractivity contribution in [2.45, 2.75) is 13.8 Å². The summed E-state index contributed by atoms with van der Waals surface area (Å²) in [4.78, 5) is 12.4. The third-order valence-corrected chi connectivity index (χ3v) is 4.01. The minimum Gasteiger partial charge on any atom is -0.288 e. The Hall–Kier alpha value is -1.19. The van der Waals surface area contributed by atoms with Crippen molar-refractivity contribution >= 4 is 33.3 Å². The molecule has 0 amide bonds. The molecular formula is C15H11BrClFO. The molecule has 98 valence electrons. The molecule has 0 saturated heterocycles. The van der Waals surface area contributed by atoms with E-state index in [1.807, 2.05) is 19.9 Å². The largest absolute Gasteiger partial charge is 0.288 e. The summed E-state index contributed by atoms with van der Waals surface area (Å²) in [6.07, 6.45) is 0. The Balaban J connectivity index is 2.56. The average molecular weight is 342 g/mol. The van der Waals surface area contributed by atoms with Gasteiger partial charge in [0.05, 0.1) is 5.56 Å². The average Bonchev–Trinajstić information content (AvgIpc) is 2.36. The minimum atomic E-state index is -0.561. The molecular weight excluding hydrogens is 331 g/mol. The Morgan fingerprint density at radius 2 is 1.79 bits per heavy atom. The van der Waals surface area contributed by atoms with Crippen LogP contribution in [0.1, 0.15) is 27.0 Å². The monoisotopic (exact) mass is 340 g/mol. The van der Waals surface area contributed by atoms with Gasteiger partial charge in [0.15, 0.2) is 5.78 Å². The van der Waals surface area contributed by atoms with E-state index in [1.54, 1.807) is 6.07 Å². The van der Waals surface area contributed by atoms with Crippen LogP contribution in [-0.2, 0) is 0 Å². The molecule has 0 saturated carbocycles. The van der Waals surface area contributed by atoms with Crippen LogP contribution in [0.15, 0.2) is 34.8 Å². The van der Waals surface area contributed by atoms with E-state index in [-0.39, 0.29) is 11.3 Å². The molecule has 0 fully saturated rings. The molecule has 0 atom stereocenters. The minimum absolute atomic E-state index is 0.00248. The normalized spacial score (nSPS) is 10.6. The van der Waals surface area contributed by atoms with Gasteiger partial charge in [-0.1, -0.05) is 27.5 Å².